The molecule has 3 aromatic rings. The average molecular weight is 578 g/mol. The van der Waals surface area contributed by atoms with E-state index in [4.69, 9.17) is 19.4 Å². The summed E-state index contributed by atoms with van der Waals surface area (Å²) in [6, 6.07) is 16.1. The number of likely N-dealkylation sites (N-methyl/N-ethyl adjacent to an activating group) is 2. The van der Waals surface area contributed by atoms with Gasteiger partial charge in [0, 0.05) is 62.6 Å². The first kappa shape index (κ1) is 30.7. The zero-order valence-electron chi connectivity index (χ0n) is 25.4. The number of amides is 1. The quantitative estimate of drug-likeness (QED) is 0.242. The Morgan fingerprint density at radius 2 is 1.68 bits per heavy atom. The number of rotatable bonds is 10. The molecule has 0 spiro atoms. The first-order chi connectivity index (χ1) is 19.6. The van der Waals surface area contributed by atoms with Gasteiger partial charge in [-0.1, -0.05) is 50.7 Å². The van der Waals surface area contributed by atoms with Crippen molar-refractivity contribution in [2.75, 3.05) is 65.9 Å². The number of anilines is 1. The van der Waals surface area contributed by atoms with E-state index >= 15 is 0 Å². The molecule has 2 heterocycles. The Hall–Kier alpha value is -3.30. The van der Waals surface area contributed by atoms with Crippen LogP contribution < -0.4 is 14.4 Å². The van der Waals surface area contributed by atoms with Gasteiger partial charge in [0.2, 0.25) is 0 Å². The minimum absolute atomic E-state index is 0.106. The second kappa shape index (κ2) is 13.6. The molecule has 1 aromatic heterocycles. The largest absolute Gasteiger partial charge is 0.493 e. The number of aromatic nitrogens is 2. The Kier molecular flexibility index (Phi) is 10.1. The van der Waals surface area contributed by atoms with Gasteiger partial charge in [0.25, 0.3) is 5.91 Å². The molecule has 0 radical (unpaired) electrons. The molecule has 9 heteroatoms. The molecule has 0 bridgehead atoms. The standard InChI is InChI=1S/C32H43N5O3S/c1-32(2,3)28-21-29(36(5)14-13-23-11-12-26(39-6)27(20-23)40-7)34-31(33-28)41-22-24-9-8-10-25(19-24)30(38)37-17-15-35(4)16-18-37/h8-12,19-21H,13-18,22H2,1-7H3. The van der Waals surface area contributed by atoms with Gasteiger partial charge in [0.05, 0.1) is 19.9 Å². The maximum atomic E-state index is 13.1. The number of nitrogens with zero attached hydrogens (tertiary/aromatic N) is 5. The third-order valence-corrected chi connectivity index (χ3v) is 8.29. The molecular formula is C32H43N5O3S. The summed E-state index contributed by atoms with van der Waals surface area (Å²) in [5.74, 6) is 3.15. The van der Waals surface area contributed by atoms with Gasteiger partial charge in [-0.2, -0.15) is 0 Å². The van der Waals surface area contributed by atoms with E-state index in [9.17, 15) is 4.79 Å². The summed E-state index contributed by atoms with van der Waals surface area (Å²) in [5, 5.41) is 0.737. The van der Waals surface area contributed by atoms with Crippen LogP contribution in [-0.2, 0) is 17.6 Å². The Bertz CT molecular complexity index is 1340. The van der Waals surface area contributed by atoms with Crippen molar-refractivity contribution in [2.45, 2.75) is 43.5 Å². The van der Waals surface area contributed by atoms with Gasteiger partial charge in [-0.25, -0.2) is 9.97 Å². The number of methoxy groups -OCH3 is 2. The van der Waals surface area contributed by atoms with Crippen LogP contribution in [0.2, 0.25) is 0 Å². The summed E-state index contributed by atoms with van der Waals surface area (Å²) in [4.78, 5) is 29.3. The van der Waals surface area contributed by atoms with Crippen LogP contribution in [0.25, 0.3) is 0 Å². The molecule has 0 saturated carbocycles. The van der Waals surface area contributed by atoms with Crippen molar-refractivity contribution in [3.8, 4) is 11.5 Å². The van der Waals surface area contributed by atoms with E-state index < -0.39 is 0 Å². The van der Waals surface area contributed by atoms with Crippen molar-refractivity contribution < 1.29 is 14.3 Å². The number of ether oxygens (including phenoxy) is 2. The van der Waals surface area contributed by atoms with Gasteiger partial charge in [-0.05, 0) is 48.9 Å². The van der Waals surface area contributed by atoms with Crippen molar-refractivity contribution >= 4 is 23.5 Å². The van der Waals surface area contributed by atoms with Crippen molar-refractivity contribution in [3.05, 3.63) is 70.9 Å². The fourth-order valence-corrected chi connectivity index (χ4v) is 5.44. The summed E-state index contributed by atoms with van der Waals surface area (Å²) >= 11 is 1.60. The Morgan fingerprint density at radius 1 is 0.951 bits per heavy atom. The number of hydrogen-bond donors (Lipinski definition) is 0. The fraction of sp³-hybridized carbons (Fsp3) is 0.469. The van der Waals surface area contributed by atoms with Crippen LogP contribution in [0, 0.1) is 0 Å². The van der Waals surface area contributed by atoms with E-state index in [0.29, 0.717) is 5.75 Å². The molecule has 1 saturated heterocycles. The van der Waals surface area contributed by atoms with Crippen LogP contribution in [0.3, 0.4) is 0 Å². The number of thioether (sulfide) groups is 1. The molecule has 8 nitrogen and oxygen atoms in total. The molecule has 0 unspecified atom stereocenters. The molecule has 0 aliphatic carbocycles. The van der Waals surface area contributed by atoms with E-state index in [2.05, 4.69) is 62.9 Å². The van der Waals surface area contributed by atoms with E-state index in [0.717, 1.165) is 78.4 Å². The summed E-state index contributed by atoms with van der Waals surface area (Å²) in [7, 11) is 7.46. The first-order valence-corrected chi connectivity index (χ1v) is 15.1. The highest BCUT2D eigenvalue weighted by molar-refractivity contribution is 7.98. The lowest BCUT2D eigenvalue weighted by Crippen LogP contribution is -2.47. The lowest BCUT2D eigenvalue weighted by atomic mass is 9.92. The Labute approximate surface area is 249 Å². The normalized spacial score (nSPS) is 14.2. The van der Waals surface area contributed by atoms with Crippen LogP contribution in [0.1, 0.15) is 48.0 Å². The van der Waals surface area contributed by atoms with E-state index in [1.807, 2.05) is 35.2 Å². The molecule has 1 fully saturated rings. The van der Waals surface area contributed by atoms with Gasteiger partial charge in [0.15, 0.2) is 16.7 Å². The fourth-order valence-electron chi connectivity index (χ4n) is 4.64. The van der Waals surface area contributed by atoms with Gasteiger partial charge < -0.3 is 24.2 Å². The number of carbonyl (C=O) groups excluding carboxylic acids is 1. The second-order valence-electron chi connectivity index (χ2n) is 11.6. The van der Waals surface area contributed by atoms with E-state index in [1.165, 1.54) is 5.56 Å². The lowest BCUT2D eigenvalue weighted by Gasteiger charge is -2.32. The number of hydrogen-bond acceptors (Lipinski definition) is 8. The predicted octanol–water partition coefficient (Wildman–Crippen LogP) is 5.15. The predicted molar refractivity (Wildman–Crippen MR) is 167 cm³/mol. The molecule has 0 atom stereocenters. The zero-order valence-corrected chi connectivity index (χ0v) is 26.3. The summed E-state index contributed by atoms with van der Waals surface area (Å²) in [5.41, 5.74) is 3.88. The first-order valence-electron chi connectivity index (χ1n) is 14.1. The zero-order chi connectivity index (χ0) is 29.6. The summed E-state index contributed by atoms with van der Waals surface area (Å²) in [6.07, 6.45) is 0.836. The van der Waals surface area contributed by atoms with Crippen molar-refractivity contribution in [2.24, 2.45) is 0 Å². The van der Waals surface area contributed by atoms with Gasteiger partial charge in [-0.3, -0.25) is 4.79 Å². The highest BCUT2D eigenvalue weighted by Crippen LogP contribution is 2.30. The Balaban J connectivity index is 1.46. The molecule has 4 rings (SSSR count). The lowest BCUT2D eigenvalue weighted by molar-refractivity contribution is 0.0664. The molecule has 0 N–H and O–H groups in total. The highest BCUT2D eigenvalue weighted by Gasteiger charge is 2.22. The molecule has 220 valence electrons. The molecule has 41 heavy (non-hydrogen) atoms. The molecule has 1 amide bonds. The van der Waals surface area contributed by atoms with Crippen LogP contribution >= 0.6 is 11.8 Å². The molecule has 2 aromatic carbocycles. The third kappa shape index (κ3) is 8.14. The SMILES string of the molecule is COc1ccc(CCN(C)c2cc(C(C)(C)C)nc(SCc3cccc(C(=O)N4CCN(C)CC4)c3)n2)cc1OC. The van der Waals surface area contributed by atoms with Crippen molar-refractivity contribution in [1.82, 2.24) is 19.8 Å². The van der Waals surface area contributed by atoms with Crippen molar-refractivity contribution in [3.63, 3.8) is 0 Å². The summed E-state index contributed by atoms with van der Waals surface area (Å²) < 4.78 is 10.8. The maximum absolute atomic E-state index is 13.1. The van der Waals surface area contributed by atoms with E-state index in [-0.39, 0.29) is 11.3 Å². The molecule has 1 aliphatic rings. The highest BCUT2D eigenvalue weighted by atomic mass is 32.2. The molecule has 1 aliphatic heterocycles. The number of carbonyl (C=O) groups is 1. The summed E-state index contributed by atoms with van der Waals surface area (Å²) in [6.45, 7) is 10.7. The van der Waals surface area contributed by atoms with Crippen molar-refractivity contribution in [1.29, 1.82) is 0 Å². The molecular weight excluding hydrogens is 534 g/mol. The number of benzene rings is 2. The third-order valence-electron chi connectivity index (χ3n) is 7.37. The van der Waals surface area contributed by atoms with E-state index in [1.54, 1.807) is 26.0 Å². The monoisotopic (exact) mass is 577 g/mol. The van der Waals surface area contributed by atoms with Gasteiger partial charge >= 0.3 is 0 Å². The van der Waals surface area contributed by atoms with Crippen LogP contribution in [0.5, 0.6) is 11.5 Å². The average Bonchev–Trinajstić information content (AvgIpc) is 2.98. The minimum atomic E-state index is -0.119. The Morgan fingerprint density at radius 3 is 2.37 bits per heavy atom. The van der Waals surface area contributed by atoms with Crippen LogP contribution in [0.15, 0.2) is 53.7 Å². The second-order valence-corrected chi connectivity index (χ2v) is 12.5. The maximum Gasteiger partial charge on any atom is 0.253 e. The van der Waals surface area contributed by atoms with Crippen LogP contribution in [-0.4, -0.2) is 86.7 Å². The topological polar surface area (TPSA) is 71.0 Å². The minimum Gasteiger partial charge on any atom is -0.493 e. The number of piperazine rings is 1. The van der Waals surface area contributed by atoms with Crippen LogP contribution in [0.4, 0.5) is 5.82 Å². The van der Waals surface area contributed by atoms with Gasteiger partial charge in [0.1, 0.15) is 5.82 Å². The van der Waals surface area contributed by atoms with Gasteiger partial charge in [-0.15, -0.1) is 0 Å². The smallest absolute Gasteiger partial charge is 0.253 e.